The van der Waals surface area contributed by atoms with Gasteiger partial charge in [-0.25, -0.2) is 24.1 Å². The van der Waals surface area contributed by atoms with Crippen molar-refractivity contribution in [3.05, 3.63) is 42.4 Å². The van der Waals surface area contributed by atoms with E-state index in [1.54, 1.807) is 25.2 Å². The molecule has 0 saturated heterocycles. The summed E-state index contributed by atoms with van der Waals surface area (Å²) >= 11 is 0. The predicted octanol–water partition coefficient (Wildman–Crippen LogP) is 3.60. The maximum absolute atomic E-state index is 5.46. The fraction of sp³-hybridized carbons (Fsp3) is 0.381. The molecule has 0 N–H and O–H groups in total. The van der Waals surface area contributed by atoms with Gasteiger partial charge in [-0.05, 0) is 38.0 Å². The normalized spacial score (nSPS) is 11.4. The summed E-state index contributed by atoms with van der Waals surface area (Å²) in [6, 6.07) is 5.62. The number of imidazole rings is 1. The Balaban J connectivity index is 2.01. The van der Waals surface area contributed by atoms with Gasteiger partial charge in [-0.2, -0.15) is 5.10 Å². The summed E-state index contributed by atoms with van der Waals surface area (Å²) < 4.78 is 14.4. The molecule has 3 heterocycles. The molecule has 0 aliphatic carbocycles. The Morgan fingerprint density at radius 1 is 1.03 bits per heavy atom. The molecule has 0 unspecified atom stereocenters. The highest BCUT2D eigenvalue weighted by Gasteiger charge is 2.22. The van der Waals surface area contributed by atoms with Crippen molar-refractivity contribution in [1.29, 1.82) is 0 Å². The predicted molar refractivity (Wildman–Crippen MR) is 112 cm³/mol. The number of hydrogen-bond acceptors (Lipinski definition) is 7. The van der Waals surface area contributed by atoms with Crippen LogP contribution in [0.2, 0.25) is 0 Å². The van der Waals surface area contributed by atoms with Crippen molar-refractivity contribution in [2.45, 2.75) is 39.5 Å². The van der Waals surface area contributed by atoms with Gasteiger partial charge in [0.25, 0.3) is 0 Å². The van der Waals surface area contributed by atoms with Gasteiger partial charge in [-0.15, -0.1) is 5.10 Å². The van der Waals surface area contributed by atoms with Gasteiger partial charge in [0.1, 0.15) is 24.0 Å². The van der Waals surface area contributed by atoms with Gasteiger partial charge >= 0.3 is 0 Å². The third-order valence-electron chi connectivity index (χ3n) is 5.30. The number of aromatic nitrogens is 7. The number of methoxy groups -OCH3 is 2. The largest absolute Gasteiger partial charge is 0.493 e. The molecule has 0 fully saturated rings. The minimum absolute atomic E-state index is 0.294. The van der Waals surface area contributed by atoms with Crippen molar-refractivity contribution in [2.24, 2.45) is 0 Å². The Morgan fingerprint density at radius 3 is 2.43 bits per heavy atom. The first-order valence-electron chi connectivity index (χ1n) is 9.95. The Labute approximate surface area is 174 Å². The number of benzene rings is 1. The van der Waals surface area contributed by atoms with Crippen LogP contribution < -0.4 is 9.47 Å². The van der Waals surface area contributed by atoms with Crippen molar-refractivity contribution in [2.75, 3.05) is 14.2 Å². The minimum atomic E-state index is 0.294. The van der Waals surface area contributed by atoms with Crippen molar-refractivity contribution in [1.82, 2.24) is 34.3 Å². The first-order valence-corrected chi connectivity index (χ1v) is 9.95. The van der Waals surface area contributed by atoms with Crippen LogP contribution in [-0.2, 0) is 0 Å². The summed E-state index contributed by atoms with van der Waals surface area (Å²) in [5, 5.41) is 9.17. The molecule has 9 heteroatoms. The standard InChI is InChI=1S/C21H25N7O2/c1-6-14(7-2)20-24-13(3)18-21(27-12-22-11-23-27)25-19(26-28(18)20)15-8-9-16(29-4)17(10-15)30-5/h8-12,14H,6-7H2,1-5H3. The van der Waals surface area contributed by atoms with Gasteiger partial charge in [-0.1, -0.05) is 13.8 Å². The zero-order chi connectivity index (χ0) is 21.3. The molecule has 0 aliphatic heterocycles. The fourth-order valence-electron chi connectivity index (χ4n) is 3.66. The molecule has 1 aromatic carbocycles. The topological polar surface area (TPSA) is 92.2 Å². The Hall–Kier alpha value is -3.49. The molecule has 0 bridgehead atoms. The van der Waals surface area contributed by atoms with Gasteiger partial charge in [0.2, 0.25) is 0 Å². The molecular formula is C21H25N7O2. The number of aryl methyl sites for hydroxylation is 1. The smallest absolute Gasteiger partial charge is 0.185 e. The maximum Gasteiger partial charge on any atom is 0.185 e. The van der Waals surface area contributed by atoms with E-state index in [0.717, 1.165) is 35.4 Å². The second kappa shape index (κ2) is 8.10. The van der Waals surface area contributed by atoms with E-state index < -0.39 is 0 Å². The molecule has 0 radical (unpaired) electrons. The highest BCUT2D eigenvalue weighted by atomic mass is 16.5. The van der Waals surface area contributed by atoms with E-state index in [-0.39, 0.29) is 0 Å². The summed E-state index contributed by atoms with van der Waals surface area (Å²) in [4.78, 5) is 13.8. The summed E-state index contributed by atoms with van der Waals surface area (Å²) in [6.45, 7) is 6.31. The average molecular weight is 407 g/mol. The van der Waals surface area contributed by atoms with Gasteiger partial charge in [0.05, 0.1) is 19.9 Å². The number of rotatable bonds is 7. The van der Waals surface area contributed by atoms with Crippen LogP contribution in [0.15, 0.2) is 30.9 Å². The van der Waals surface area contributed by atoms with Gasteiger partial charge < -0.3 is 9.47 Å². The SMILES string of the molecule is CCC(CC)c1nc(C)c2c(-n3cncn3)nc(-c3ccc(OC)c(OC)c3)nn12. The van der Waals surface area contributed by atoms with E-state index >= 15 is 0 Å². The van der Waals surface area contributed by atoms with Gasteiger partial charge in [-0.3, -0.25) is 0 Å². The maximum atomic E-state index is 5.46. The van der Waals surface area contributed by atoms with Crippen LogP contribution >= 0.6 is 0 Å². The highest BCUT2D eigenvalue weighted by molar-refractivity contribution is 5.68. The number of nitrogens with zero attached hydrogens (tertiary/aromatic N) is 7. The lowest BCUT2D eigenvalue weighted by Crippen LogP contribution is -2.11. The third kappa shape index (κ3) is 3.26. The summed E-state index contributed by atoms with van der Waals surface area (Å²) in [6.07, 6.45) is 5.07. The second-order valence-electron chi connectivity index (χ2n) is 7.00. The second-order valence-corrected chi connectivity index (χ2v) is 7.00. The highest BCUT2D eigenvalue weighted by Crippen LogP contribution is 2.33. The average Bonchev–Trinajstić information content (AvgIpc) is 3.42. The molecule has 0 spiro atoms. The van der Waals surface area contributed by atoms with Crippen LogP contribution in [0.4, 0.5) is 0 Å². The molecule has 3 aromatic heterocycles. The number of ether oxygens (including phenoxy) is 2. The molecule has 30 heavy (non-hydrogen) atoms. The third-order valence-corrected chi connectivity index (χ3v) is 5.30. The van der Waals surface area contributed by atoms with Crippen molar-refractivity contribution < 1.29 is 9.47 Å². The lowest BCUT2D eigenvalue weighted by atomic mass is 10.0. The van der Waals surface area contributed by atoms with Crippen molar-refractivity contribution in [3.63, 3.8) is 0 Å². The van der Waals surface area contributed by atoms with Crippen LogP contribution in [0.3, 0.4) is 0 Å². The Bertz CT molecular complexity index is 1160. The monoisotopic (exact) mass is 407 g/mol. The lowest BCUT2D eigenvalue weighted by Gasteiger charge is -2.13. The van der Waals surface area contributed by atoms with Crippen LogP contribution in [0.5, 0.6) is 11.5 Å². The number of fused-ring (bicyclic) bond motifs is 1. The van der Waals surface area contributed by atoms with Crippen LogP contribution in [0.1, 0.15) is 44.1 Å². The van der Waals surface area contributed by atoms with E-state index in [9.17, 15) is 0 Å². The van der Waals surface area contributed by atoms with E-state index in [1.807, 2.05) is 29.6 Å². The summed E-state index contributed by atoms with van der Waals surface area (Å²) in [5.41, 5.74) is 2.49. The zero-order valence-corrected chi connectivity index (χ0v) is 17.8. The van der Waals surface area contributed by atoms with Crippen molar-refractivity contribution >= 4 is 5.52 Å². The molecule has 0 aliphatic rings. The van der Waals surface area contributed by atoms with E-state index in [2.05, 4.69) is 23.9 Å². The number of hydrogen-bond donors (Lipinski definition) is 0. The molecule has 156 valence electrons. The van der Waals surface area contributed by atoms with Gasteiger partial charge in [0, 0.05) is 11.5 Å². The molecule has 9 nitrogen and oxygen atoms in total. The summed E-state index contributed by atoms with van der Waals surface area (Å²) in [5.74, 6) is 3.66. The molecular weight excluding hydrogens is 382 g/mol. The lowest BCUT2D eigenvalue weighted by molar-refractivity contribution is 0.355. The molecule has 0 saturated carbocycles. The first-order chi connectivity index (χ1) is 14.6. The van der Waals surface area contributed by atoms with E-state index in [1.165, 1.54) is 6.33 Å². The zero-order valence-electron chi connectivity index (χ0n) is 17.8. The Kier molecular flexibility index (Phi) is 5.35. The van der Waals surface area contributed by atoms with Crippen LogP contribution in [0.25, 0.3) is 22.7 Å². The molecule has 0 atom stereocenters. The molecule has 0 amide bonds. The Morgan fingerprint density at radius 2 is 1.80 bits per heavy atom. The fourth-order valence-corrected chi connectivity index (χ4v) is 3.66. The molecule has 4 aromatic rings. The van der Waals surface area contributed by atoms with E-state index in [0.29, 0.717) is 29.1 Å². The quantitative estimate of drug-likeness (QED) is 0.462. The van der Waals surface area contributed by atoms with Crippen LogP contribution in [0, 0.1) is 6.92 Å². The van der Waals surface area contributed by atoms with E-state index in [4.69, 9.17) is 24.5 Å². The molecule has 4 rings (SSSR count). The van der Waals surface area contributed by atoms with Gasteiger partial charge in [0.15, 0.2) is 23.1 Å². The van der Waals surface area contributed by atoms with Crippen LogP contribution in [-0.4, -0.2) is 48.6 Å². The first kappa shape index (κ1) is 19.8. The minimum Gasteiger partial charge on any atom is -0.493 e. The van der Waals surface area contributed by atoms with Crippen molar-refractivity contribution in [3.8, 4) is 28.7 Å². The summed E-state index contributed by atoms with van der Waals surface area (Å²) in [7, 11) is 3.22.